The van der Waals surface area contributed by atoms with Gasteiger partial charge in [0, 0.05) is 25.7 Å². The van der Waals surface area contributed by atoms with Gasteiger partial charge in [-0.3, -0.25) is 4.79 Å². The van der Waals surface area contributed by atoms with Crippen LogP contribution in [0.3, 0.4) is 0 Å². The summed E-state index contributed by atoms with van der Waals surface area (Å²) in [4.78, 5) is 25.9. The average Bonchev–Trinajstić information content (AvgIpc) is 3.16. The third-order valence-electron chi connectivity index (χ3n) is 4.22. The van der Waals surface area contributed by atoms with E-state index in [0.29, 0.717) is 38.2 Å². The third-order valence-corrected chi connectivity index (χ3v) is 4.22. The molecule has 0 saturated carbocycles. The molecule has 0 spiro atoms. The Morgan fingerprint density at radius 3 is 2.52 bits per heavy atom. The first-order chi connectivity index (χ1) is 12.1. The van der Waals surface area contributed by atoms with E-state index in [4.69, 9.17) is 4.42 Å². The minimum absolute atomic E-state index is 0.0221. The Morgan fingerprint density at radius 2 is 1.88 bits per heavy atom. The van der Waals surface area contributed by atoms with E-state index in [1.54, 1.807) is 29.2 Å². The van der Waals surface area contributed by atoms with Gasteiger partial charge in [0.25, 0.3) is 5.91 Å². The molecule has 1 fully saturated rings. The van der Waals surface area contributed by atoms with Crippen LogP contribution in [0.25, 0.3) is 0 Å². The third kappa shape index (κ3) is 4.59. The van der Waals surface area contributed by atoms with Crippen molar-refractivity contribution in [1.29, 1.82) is 0 Å². The lowest BCUT2D eigenvalue weighted by molar-refractivity contribution is 0.0676. The van der Waals surface area contributed by atoms with Crippen molar-refractivity contribution < 1.29 is 18.4 Å². The highest BCUT2D eigenvalue weighted by molar-refractivity contribution is 5.91. The summed E-state index contributed by atoms with van der Waals surface area (Å²) in [5.41, 5.74) is 0.829. The van der Waals surface area contributed by atoms with Crippen LogP contribution in [-0.4, -0.2) is 36.0 Å². The topological polar surface area (TPSA) is 74.6 Å². The van der Waals surface area contributed by atoms with Crippen LogP contribution in [0.15, 0.2) is 47.1 Å². The van der Waals surface area contributed by atoms with Crippen molar-refractivity contribution in [3.63, 3.8) is 0 Å². The first-order valence-corrected chi connectivity index (χ1v) is 8.23. The summed E-state index contributed by atoms with van der Waals surface area (Å²) in [5, 5.41) is 5.66. The van der Waals surface area contributed by atoms with Crippen molar-refractivity contribution >= 4 is 11.9 Å². The maximum atomic E-state index is 12.8. The van der Waals surface area contributed by atoms with Crippen LogP contribution in [-0.2, 0) is 6.54 Å². The lowest BCUT2D eigenvalue weighted by atomic mass is 10.0. The summed E-state index contributed by atoms with van der Waals surface area (Å²) in [6.45, 7) is 1.48. The van der Waals surface area contributed by atoms with E-state index in [0.717, 1.165) is 5.56 Å². The second kappa shape index (κ2) is 7.83. The van der Waals surface area contributed by atoms with Crippen LogP contribution in [0.4, 0.5) is 9.18 Å². The van der Waals surface area contributed by atoms with Gasteiger partial charge in [0.15, 0.2) is 5.76 Å². The lowest BCUT2D eigenvalue weighted by Gasteiger charge is -2.31. The molecule has 6 nitrogen and oxygen atoms in total. The summed E-state index contributed by atoms with van der Waals surface area (Å²) in [5.74, 6) is -0.0864. The SMILES string of the molecule is O=C(NCc1ccc(F)cc1)NC1CCN(C(=O)c2ccco2)CC1. The summed E-state index contributed by atoms with van der Waals surface area (Å²) < 4.78 is 18.0. The Kier molecular flexibility index (Phi) is 5.33. The highest BCUT2D eigenvalue weighted by atomic mass is 19.1. The van der Waals surface area contributed by atoms with Gasteiger partial charge in [-0.1, -0.05) is 12.1 Å². The molecule has 132 valence electrons. The average molecular weight is 345 g/mol. The van der Waals surface area contributed by atoms with Gasteiger partial charge < -0.3 is 20.0 Å². The number of nitrogens with one attached hydrogen (secondary N) is 2. The summed E-state index contributed by atoms with van der Waals surface area (Å²) >= 11 is 0. The minimum Gasteiger partial charge on any atom is -0.459 e. The Hall–Kier alpha value is -2.83. The van der Waals surface area contributed by atoms with Crippen LogP contribution < -0.4 is 10.6 Å². The van der Waals surface area contributed by atoms with E-state index >= 15 is 0 Å². The zero-order chi connectivity index (χ0) is 17.6. The first-order valence-electron chi connectivity index (χ1n) is 8.23. The largest absolute Gasteiger partial charge is 0.459 e. The van der Waals surface area contributed by atoms with Crippen molar-refractivity contribution in [2.24, 2.45) is 0 Å². The van der Waals surface area contributed by atoms with Crippen LogP contribution >= 0.6 is 0 Å². The number of piperidine rings is 1. The molecule has 0 atom stereocenters. The predicted molar refractivity (Wildman–Crippen MR) is 89.4 cm³/mol. The molecule has 1 aliphatic rings. The molecule has 1 saturated heterocycles. The predicted octanol–water partition coefficient (Wildman–Crippen LogP) is 2.52. The highest BCUT2D eigenvalue weighted by Crippen LogP contribution is 2.14. The second-order valence-electron chi connectivity index (χ2n) is 6.00. The lowest BCUT2D eigenvalue weighted by Crippen LogP contribution is -2.49. The van der Waals surface area contributed by atoms with Gasteiger partial charge in [-0.05, 0) is 42.7 Å². The molecule has 1 aliphatic heterocycles. The van der Waals surface area contributed by atoms with Crippen molar-refractivity contribution in [3.05, 3.63) is 59.8 Å². The monoisotopic (exact) mass is 345 g/mol. The Bertz CT molecular complexity index is 708. The molecule has 1 aromatic carbocycles. The van der Waals surface area contributed by atoms with E-state index < -0.39 is 0 Å². The molecule has 2 N–H and O–H groups in total. The molecule has 7 heteroatoms. The van der Waals surface area contributed by atoms with Crippen molar-refractivity contribution in [2.75, 3.05) is 13.1 Å². The van der Waals surface area contributed by atoms with E-state index in [1.165, 1.54) is 18.4 Å². The number of furan rings is 1. The maximum absolute atomic E-state index is 12.8. The number of amides is 3. The van der Waals surface area contributed by atoms with E-state index in [9.17, 15) is 14.0 Å². The number of carbonyl (C=O) groups is 2. The van der Waals surface area contributed by atoms with E-state index in [1.807, 2.05) is 0 Å². The van der Waals surface area contributed by atoms with Crippen LogP contribution in [0, 0.1) is 5.82 Å². The molecule has 1 aromatic heterocycles. The Balaban J connectivity index is 1.40. The zero-order valence-corrected chi connectivity index (χ0v) is 13.7. The number of halogens is 1. The maximum Gasteiger partial charge on any atom is 0.315 e. The van der Waals surface area contributed by atoms with Gasteiger partial charge in [-0.15, -0.1) is 0 Å². The molecule has 3 rings (SSSR count). The Morgan fingerprint density at radius 1 is 1.16 bits per heavy atom. The standard InChI is InChI=1S/C18H20FN3O3/c19-14-5-3-13(4-6-14)12-20-18(24)21-15-7-9-22(10-8-15)17(23)16-2-1-11-25-16/h1-6,11,15H,7-10,12H2,(H2,20,21,24). The van der Waals surface area contributed by atoms with Crippen LogP contribution in [0.1, 0.15) is 29.0 Å². The molecular formula is C18H20FN3O3. The summed E-state index contributed by atoms with van der Waals surface area (Å²) in [6, 6.07) is 9.08. The molecule has 25 heavy (non-hydrogen) atoms. The first kappa shape index (κ1) is 17.0. The smallest absolute Gasteiger partial charge is 0.315 e. The molecular weight excluding hydrogens is 325 g/mol. The molecule has 3 amide bonds. The number of benzene rings is 1. The van der Waals surface area contributed by atoms with Gasteiger partial charge in [0.1, 0.15) is 5.82 Å². The number of hydrogen-bond acceptors (Lipinski definition) is 3. The molecule has 0 radical (unpaired) electrons. The van der Waals surface area contributed by atoms with Crippen molar-refractivity contribution in [2.45, 2.75) is 25.4 Å². The van der Waals surface area contributed by atoms with Gasteiger partial charge in [0.2, 0.25) is 0 Å². The van der Waals surface area contributed by atoms with Crippen LogP contribution in [0.5, 0.6) is 0 Å². The second-order valence-corrected chi connectivity index (χ2v) is 6.00. The molecule has 0 aliphatic carbocycles. The fourth-order valence-electron chi connectivity index (χ4n) is 2.80. The minimum atomic E-state index is -0.302. The van der Waals surface area contributed by atoms with E-state index in [-0.39, 0.29) is 23.8 Å². The van der Waals surface area contributed by atoms with Gasteiger partial charge in [0.05, 0.1) is 6.26 Å². The number of hydrogen-bond donors (Lipinski definition) is 2. The van der Waals surface area contributed by atoms with Gasteiger partial charge >= 0.3 is 6.03 Å². The molecule has 2 aromatic rings. The summed E-state index contributed by atoms with van der Waals surface area (Å²) in [6.07, 6.45) is 2.86. The van der Waals surface area contributed by atoms with E-state index in [2.05, 4.69) is 10.6 Å². The normalized spacial score (nSPS) is 15.0. The van der Waals surface area contributed by atoms with Crippen molar-refractivity contribution in [1.82, 2.24) is 15.5 Å². The van der Waals surface area contributed by atoms with Gasteiger partial charge in [-0.25, -0.2) is 9.18 Å². The summed E-state index contributed by atoms with van der Waals surface area (Å²) in [7, 11) is 0. The fraction of sp³-hybridized carbons (Fsp3) is 0.333. The molecule has 0 bridgehead atoms. The number of nitrogens with zero attached hydrogens (tertiary/aromatic N) is 1. The van der Waals surface area contributed by atoms with Gasteiger partial charge in [-0.2, -0.15) is 0 Å². The molecule has 0 unspecified atom stereocenters. The Labute approximate surface area is 145 Å². The number of likely N-dealkylation sites (tertiary alicyclic amines) is 1. The molecule has 2 heterocycles. The quantitative estimate of drug-likeness (QED) is 0.894. The zero-order valence-electron chi connectivity index (χ0n) is 13.7. The fourth-order valence-corrected chi connectivity index (χ4v) is 2.80. The number of urea groups is 1. The number of rotatable bonds is 4. The number of carbonyl (C=O) groups excluding carboxylic acids is 2. The van der Waals surface area contributed by atoms with Crippen molar-refractivity contribution in [3.8, 4) is 0 Å². The van der Waals surface area contributed by atoms with Crippen LogP contribution in [0.2, 0.25) is 0 Å². The highest BCUT2D eigenvalue weighted by Gasteiger charge is 2.25.